The van der Waals surface area contributed by atoms with Gasteiger partial charge in [-0.2, -0.15) is 9.13 Å². The number of rotatable bonds is 7. The molecule has 0 fully saturated rings. The van der Waals surface area contributed by atoms with Crippen LogP contribution in [0.3, 0.4) is 0 Å². The summed E-state index contributed by atoms with van der Waals surface area (Å²) in [5.74, 6) is -0.654. The summed E-state index contributed by atoms with van der Waals surface area (Å²) in [6.07, 6.45) is 7.85. The molecular formula is C29H30N2O4+2. The van der Waals surface area contributed by atoms with Gasteiger partial charge in [-0.3, -0.25) is 0 Å². The number of aromatic nitrogens is 2. The van der Waals surface area contributed by atoms with Crippen LogP contribution in [0.5, 0.6) is 0 Å². The predicted octanol–water partition coefficient (Wildman–Crippen LogP) is 4.90. The summed E-state index contributed by atoms with van der Waals surface area (Å²) in [6, 6.07) is 22.8. The van der Waals surface area contributed by atoms with Gasteiger partial charge in [0.05, 0.1) is 24.3 Å². The number of nitrogens with zero attached hydrogens (tertiary/aromatic N) is 2. The fraction of sp³-hybridized carbons (Fsp3) is 0.172. The molecule has 0 aliphatic rings. The molecule has 0 radical (unpaired) electrons. The van der Waals surface area contributed by atoms with Crippen molar-refractivity contribution in [1.82, 2.24) is 0 Å². The second kappa shape index (κ2) is 11.7. The van der Waals surface area contributed by atoms with Crippen LogP contribution < -0.4 is 9.13 Å². The van der Waals surface area contributed by atoms with Crippen LogP contribution in [0.1, 0.15) is 42.0 Å². The molecule has 0 amide bonds. The average Bonchev–Trinajstić information content (AvgIpc) is 2.89. The molecule has 2 heterocycles. The Hall–Kier alpha value is -4.32. The minimum absolute atomic E-state index is 0. The summed E-state index contributed by atoms with van der Waals surface area (Å²) in [6.45, 7) is 4.28. The zero-order valence-corrected chi connectivity index (χ0v) is 19.2. The first-order chi connectivity index (χ1) is 16.6. The molecule has 0 aliphatic carbocycles. The molecule has 2 aromatic carbocycles. The van der Waals surface area contributed by atoms with E-state index < -0.39 is 0 Å². The van der Waals surface area contributed by atoms with Gasteiger partial charge in [-0.05, 0) is 37.1 Å². The number of esters is 2. The second-order valence-electron chi connectivity index (χ2n) is 7.53. The SMILES string of the molecule is C.CCOC(=O)c1cccc(-[n+]2ccc(-c3cc[n+](-c4cccc(C(=O)OCC)c4)cc3)cc2)c1. The molecular weight excluding hydrogens is 440 g/mol. The van der Waals surface area contributed by atoms with Gasteiger partial charge in [-0.25, -0.2) is 9.59 Å². The molecule has 0 N–H and O–H groups in total. The number of hydrogen-bond acceptors (Lipinski definition) is 4. The molecule has 0 spiro atoms. The van der Waals surface area contributed by atoms with E-state index >= 15 is 0 Å². The Bertz CT molecular complexity index is 1200. The summed E-state index contributed by atoms with van der Waals surface area (Å²) in [7, 11) is 0. The topological polar surface area (TPSA) is 60.4 Å². The van der Waals surface area contributed by atoms with Crippen molar-refractivity contribution in [2.45, 2.75) is 21.3 Å². The van der Waals surface area contributed by atoms with Crippen molar-refractivity contribution < 1.29 is 28.2 Å². The molecule has 4 rings (SSSR count). The maximum Gasteiger partial charge on any atom is 0.338 e. The van der Waals surface area contributed by atoms with E-state index in [1.54, 1.807) is 26.0 Å². The summed E-state index contributed by atoms with van der Waals surface area (Å²) < 4.78 is 14.1. The van der Waals surface area contributed by atoms with E-state index in [9.17, 15) is 9.59 Å². The molecule has 0 saturated carbocycles. The Balaban J connectivity index is 0.00000342. The van der Waals surface area contributed by atoms with Crippen molar-refractivity contribution >= 4 is 11.9 Å². The molecule has 0 bridgehead atoms. The van der Waals surface area contributed by atoms with Gasteiger partial charge < -0.3 is 9.47 Å². The summed E-state index contributed by atoms with van der Waals surface area (Å²) in [5.41, 5.74) is 4.93. The fourth-order valence-electron chi connectivity index (χ4n) is 3.60. The van der Waals surface area contributed by atoms with Gasteiger partial charge in [0.25, 0.3) is 0 Å². The largest absolute Gasteiger partial charge is 0.462 e. The van der Waals surface area contributed by atoms with E-state index in [0.29, 0.717) is 24.3 Å². The minimum Gasteiger partial charge on any atom is -0.462 e. The van der Waals surface area contributed by atoms with Crippen LogP contribution in [0.15, 0.2) is 97.6 Å². The van der Waals surface area contributed by atoms with E-state index in [1.165, 1.54) is 0 Å². The zero-order chi connectivity index (χ0) is 23.9. The van der Waals surface area contributed by atoms with Gasteiger partial charge in [-0.1, -0.05) is 19.6 Å². The van der Waals surface area contributed by atoms with Gasteiger partial charge in [0.1, 0.15) is 0 Å². The van der Waals surface area contributed by atoms with Crippen LogP contribution in [0, 0.1) is 0 Å². The first kappa shape index (κ1) is 25.3. The van der Waals surface area contributed by atoms with Crippen LogP contribution in [-0.4, -0.2) is 25.2 Å². The monoisotopic (exact) mass is 470 g/mol. The van der Waals surface area contributed by atoms with Gasteiger partial charge in [0.15, 0.2) is 24.8 Å². The highest BCUT2D eigenvalue weighted by Crippen LogP contribution is 2.17. The Labute approximate surface area is 206 Å². The highest BCUT2D eigenvalue weighted by molar-refractivity contribution is 5.90. The molecule has 0 aliphatic heterocycles. The second-order valence-corrected chi connectivity index (χ2v) is 7.53. The third kappa shape index (κ3) is 5.98. The summed E-state index contributed by atoms with van der Waals surface area (Å²) in [4.78, 5) is 24.0. The van der Waals surface area contributed by atoms with Crippen molar-refractivity contribution in [3.63, 3.8) is 0 Å². The number of carbonyl (C=O) groups is 2. The Morgan fingerprint density at radius 2 is 1.00 bits per heavy atom. The van der Waals surface area contributed by atoms with Gasteiger partial charge in [0.2, 0.25) is 11.4 Å². The first-order valence-electron chi connectivity index (χ1n) is 11.2. The fourth-order valence-corrected chi connectivity index (χ4v) is 3.60. The Morgan fingerprint density at radius 1 is 0.629 bits per heavy atom. The van der Waals surface area contributed by atoms with Crippen LogP contribution in [0.2, 0.25) is 0 Å². The smallest absolute Gasteiger partial charge is 0.338 e. The minimum atomic E-state index is -0.327. The third-order valence-corrected chi connectivity index (χ3v) is 5.30. The van der Waals surface area contributed by atoms with Crippen molar-refractivity contribution in [3.8, 4) is 22.5 Å². The van der Waals surface area contributed by atoms with E-state index in [1.807, 2.05) is 94.6 Å². The molecule has 178 valence electrons. The molecule has 6 heteroatoms. The summed E-state index contributed by atoms with van der Waals surface area (Å²) in [5, 5.41) is 0. The molecule has 0 unspecified atom stereocenters. The van der Waals surface area contributed by atoms with Crippen molar-refractivity contribution in [2.24, 2.45) is 0 Å². The van der Waals surface area contributed by atoms with Crippen molar-refractivity contribution in [2.75, 3.05) is 13.2 Å². The van der Waals surface area contributed by atoms with E-state index in [-0.39, 0.29) is 19.4 Å². The number of ether oxygens (including phenoxy) is 2. The van der Waals surface area contributed by atoms with Crippen molar-refractivity contribution in [3.05, 3.63) is 109 Å². The summed E-state index contributed by atoms with van der Waals surface area (Å²) >= 11 is 0. The molecule has 4 aromatic rings. The van der Waals surface area contributed by atoms with E-state index in [0.717, 1.165) is 22.5 Å². The lowest BCUT2D eigenvalue weighted by molar-refractivity contribution is -0.596. The molecule has 0 saturated heterocycles. The quantitative estimate of drug-likeness (QED) is 0.285. The average molecular weight is 471 g/mol. The van der Waals surface area contributed by atoms with E-state index in [4.69, 9.17) is 9.47 Å². The lowest BCUT2D eigenvalue weighted by Crippen LogP contribution is -2.30. The van der Waals surface area contributed by atoms with Gasteiger partial charge in [0, 0.05) is 48.5 Å². The lowest BCUT2D eigenvalue weighted by Gasteiger charge is -2.04. The van der Waals surface area contributed by atoms with Crippen LogP contribution in [0.4, 0.5) is 0 Å². The number of benzene rings is 2. The number of hydrogen-bond donors (Lipinski definition) is 0. The van der Waals surface area contributed by atoms with Gasteiger partial charge >= 0.3 is 11.9 Å². The maximum atomic E-state index is 12.0. The molecule has 35 heavy (non-hydrogen) atoms. The Morgan fingerprint density at radius 3 is 1.34 bits per heavy atom. The van der Waals surface area contributed by atoms with Gasteiger partial charge in [-0.15, -0.1) is 0 Å². The third-order valence-electron chi connectivity index (χ3n) is 5.30. The maximum absolute atomic E-state index is 12.0. The highest BCUT2D eigenvalue weighted by Gasteiger charge is 2.14. The number of pyridine rings is 2. The van der Waals surface area contributed by atoms with Crippen LogP contribution in [0.25, 0.3) is 22.5 Å². The standard InChI is InChI=1S/C28H26N2O4.CH4/c1-3-33-27(31)23-7-5-9-25(19-23)29-15-11-21(12-16-29)22-13-17-30(18-14-22)26-10-6-8-24(20-26)28(32)34-4-2;/h5-20H,3-4H2,1-2H3;1H4/q+2;. The molecule has 0 atom stereocenters. The van der Waals surface area contributed by atoms with Crippen LogP contribution in [-0.2, 0) is 9.47 Å². The number of carbonyl (C=O) groups excluding carboxylic acids is 2. The first-order valence-corrected chi connectivity index (χ1v) is 11.2. The molecule has 6 nitrogen and oxygen atoms in total. The highest BCUT2D eigenvalue weighted by atomic mass is 16.5. The Kier molecular flexibility index (Phi) is 8.46. The van der Waals surface area contributed by atoms with Crippen LogP contribution >= 0.6 is 0 Å². The van der Waals surface area contributed by atoms with Crippen molar-refractivity contribution in [1.29, 1.82) is 0 Å². The predicted molar refractivity (Wildman–Crippen MR) is 134 cm³/mol. The zero-order valence-electron chi connectivity index (χ0n) is 19.2. The normalized spacial score (nSPS) is 10.2. The van der Waals surface area contributed by atoms with E-state index in [2.05, 4.69) is 0 Å². The lowest BCUT2D eigenvalue weighted by atomic mass is 10.1. The molecule has 2 aromatic heterocycles.